The van der Waals surface area contributed by atoms with Crippen LogP contribution in [-0.4, -0.2) is 56.7 Å². The van der Waals surface area contributed by atoms with Gasteiger partial charge in [-0.25, -0.2) is 9.97 Å². The minimum Gasteiger partial charge on any atom is -0.351 e. The molecule has 1 fully saturated rings. The zero-order valence-corrected chi connectivity index (χ0v) is 15.2. The Morgan fingerprint density at radius 3 is 2.42 bits per heavy atom. The van der Waals surface area contributed by atoms with Crippen LogP contribution in [0.1, 0.15) is 44.6 Å². The summed E-state index contributed by atoms with van der Waals surface area (Å²) in [6.07, 6.45) is 0.566. The number of piperazine rings is 1. The van der Waals surface area contributed by atoms with Gasteiger partial charge in [0.1, 0.15) is 16.9 Å². The van der Waals surface area contributed by atoms with Crippen molar-refractivity contribution >= 4 is 22.8 Å². The van der Waals surface area contributed by atoms with Gasteiger partial charge in [-0.2, -0.15) is 5.10 Å². The van der Waals surface area contributed by atoms with Gasteiger partial charge in [0.15, 0.2) is 5.82 Å². The number of hydrogen-bond donors (Lipinski definition) is 0. The van der Waals surface area contributed by atoms with Crippen molar-refractivity contribution in [3.63, 3.8) is 0 Å². The molecule has 0 unspecified atom stereocenters. The van der Waals surface area contributed by atoms with Gasteiger partial charge < -0.3 is 9.80 Å². The summed E-state index contributed by atoms with van der Waals surface area (Å²) in [5.74, 6) is 2.27. The minimum atomic E-state index is 0.224. The number of nitrogens with zero attached hydrogens (tertiary/aromatic N) is 6. The van der Waals surface area contributed by atoms with Crippen LogP contribution in [0.15, 0.2) is 0 Å². The van der Waals surface area contributed by atoms with Crippen LogP contribution >= 0.6 is 0 Å². The summed E-state index contributed by atoms with van der Waals surface area (Å²) in [5.41, 5.74) is 2.84. The van der Waals surface area contributed by atoms with E-state index in [1.807, 2.05) is 30.5 Å². The molecule has 24 heavy (non-hydrogen) atoms. The van der Waals surface area contributed by atoms with E-state index in [1.54, 1.807) is 0 Å². The van der Waals surface area contributed by atoms with E-state index in [1.165, 1.54) is 0 Å². The number of amides is 1. The minimum absolute atomic E-state index is 0.224. The summed E-state index contributed by atoms with van der Waals surface area (Å²) in [6.45, 7) is 11.2. The third-order valence-electron chi connectivity index (χ3n) is 4.60. The molecule has 0 spiro atoms. The van der Waals surface area contributed by atoms with Gasteiger partial charge in [-0.15, -0.1) is 0 Å². The lowest BCUT2D eigenvalue weighted by Gasteiger charge is -2.35. The lowest BCUT2D eigenvalue weighted by molar-refractivity contribution is -0.131. The molecule has 7 nitrogen and oxygen atoms in total. The quantitative estimate of drug-likeness (QED) is 0.859. The molecule has 7 heteroatoms. The first kappa shape index (κ1) is 16.7. The topological polar surface area (TPSA) is 67.2 Å². The second-order valence-electron chi connectivity index (χ2n) is 6.69. The van der Waals surface area contributed by atoms with Crippen LogP contribution in [0.25, 0.3) is 11.0 Å². The van der Waals surface area contributed by atoms with Gasteiger partial charge in [-0.05, 0) is 6.92 Å². The summed E-state index contributed by atoms with van der Waals surface area (Å²) < 4.78 is 1.87. The number of anilines is 1. The number of aromatic nitrogens is 4. The van der Waals surface area contributed by atoms with Crippen molar-refractivity contribution in [2.75, 3.05) is 31.1 Å². The molecule has 0 aliphatic carbocycles. The van der Waals surface area contributed by atoms with Crippen LogP contribution < -0.4 is 4.90 Å². The predicted octanol–water partition coefficient (Wildman–Crippen LogP) is 1.85. The number of carbonyl (C=O) groups is 1. The van der Waals surface area contributed by atoms with Crippen LogP contribution in [0.5, 0.6) is 0 Å². The lowest BCUT2D eigenvalue weighted by Crippen LogP contribution is -2.49. The Balaban J connectivity index is 1.98. The van der Waals surface area contributed by atoms with Crippen molar-refractivity contribution in [3.05, 3.63) is 11.5 Å². The molecular weight excluding hydrogens is 304 g/mol. The smallest absolute Gasteiger partial charge is 0.222 e. The van der Waals surface area contributed by atoms with E-state index in [-0.39, 0.29) is 11.8 Å². The standard InChI is InChI=1S/C17H26N6O/c1-6-13(24)22-7-9-23(10-8-22)17-15-14(12(4)20-21(15)5)18-16(19-17)11(2)3/h11H,6-10H2,1-5H3. The highest BCUT2D eigenvalue weighted by Gasteiger charge is 2.25. The van der Waals surface area contributed by atoms with E-state index in [0.29, 0.717) is 6.42 Å². The molecule has 1 aliphatic heterocycles. The molecule has 0 radical (unpaired) electrons. The molecule has 1 amide bonds. The summed E-state index contributed by atoms with van der Waals surface area (Å²) >= 11 is 0. The van der Waals surface area contributed by atoms with Crippen LogP contribution in [0.3, 0.4) is 0 Å². The molecule has 0 aromatic carbocycles. The molecule has 0 N–H and O–H groups in total. The summed E-state index contributed by atoms with van der Waals surface area (Å²) in [4.78, 5) is 25.6. The van der Waals surface area contributed by atoms with Crippen molar-refractivity contribution in [1.82, 2.24) is 24.6 Å². The average Bonchev–Trinajstić information content (AvgIpc) is 2.88. The molecule has 130 valence electrons. The van der Waals surface area contributed by atoms with Gasteiger partial charge in [0, 0.05) is 45.6 Å². The molecule has 3 heterocycles. The highest BCUT2D eigenvalue weighted by Crippen LogP contribution is 2.28. The monoisotopic (exact) mass is 330 g/mol. The fraction of sp³-hybridized carbons (Fsp3) is 0.647. The number of hydrogen-bond acceptors (Lipinski definition) is 5. The second kappa shape index (κ2) is 6.37. The fourth-order valence-electron chi connectivity index (χ4n) is 3.20. The van der Waals surface area contributed by atoms with E-state index < -0.39 is 0 Å². The van der Waals surface area contributed by atoms with Crippen LogP contribution in [-0.2, 0) is 11.8 Å². The molecule has 1 saturated heterocycles. The summed E-state index contributed by atoms with van der Waals surface area (Å²) in [7, 11) is 1.94. The van der Waals surface area contributed by atoms with Gasteiger partial charge in [0.05, 0.1) is 5.69 Å². The largest absolute Gasteiger partial charge is 0.351 e. The molecule has 3 rings (SSSR count). The van der Waals surface area contributed by atoms with Crippen LogP contribution in [0.4, 0.5) is 5.82 Å². The van der Waals surface area contributed by atoms with E-state index in [2.05, 4.69) is 23.8 Å². The number of aryl methyl sites for hydroxylation is 2. The first-order chi connectivity index (χ1) is 11.4. The second-order valence-corrected chi connectivity index (χ2v) is 6.69. The number of fused-ring (bicyclic) bond motifs is 1. The lowest BCUT2D eigenvalue weighted by atomic mass is 10.2. The third kappa shape index (κ3) is 2.83. The molecule has 0 bridgehead atoms. The third-order valence-corrected chi connectivity index (χ3v) is 4.60. The first-order valence-corrected chi connectivity index (χ1v) is 8.66. The van der Waals surface area contributed by atoms with Crippen LogP contribution in [0, 0.1) is 6.92 Å². The molecule has 0 saturated carbocycles. The van der Waals surface area contributed by atoms with Crippen molar-refractivity contribution in [1.29, 1.82) is 0 Å². The number of carbonyl (C=O) groups excluding carboxylic acids is 1. The maximum atomic E-state index is 11.9. The zero-order chi connectivity index (χ0) is 17.4. The van der Waals surface area contributed by atoms with E-state index in [9.17, 15) is 4.79 Å². The van der Waals surface area contributed by atoms with Crippen molar-refractivity contribution in [3.8, 4) is 0 Å². The normalized spacial score (nSPS) is 15.6. The van der Waals surface area contributed by atoms with E-state index in [0.717, 1.165) is 54.5 Å². The predicted molar refractivity (Wildman–Crippen MR) is 94.2 cm³/mol. The van der Waals surface area contributed by atoms with Crippen LogP contribution in [0.2, 0.25) is 0 Å². The van der Waals surface area contributed by atoms with E-state index in [4.69, 9.17) is 9.97 Å². The van der Waals surface area contributed by atoms with Crippen molar-refractivity contribution in [2.45, 2.75) is 40.0 Å². The van der Waals surface area contributed by atoms with Gasteiger partial charge >= 0.3 is 0 Å². The Morgan fingerprint density at radius 1 is 1.17 bits per heavy atom. The maximum absolute atomic E-state index is 11.9. The van der Waals surface area contributed by atoms with E-state index >= 15 is 0 Å². The Labute approximate surface area is 142 Å². The molecule has 2 aromatic rings. The zero-order valence-electron chi connectivity index (χ0n) is 15.2. The van der Waals surface area contributed by atoms with Crippen molar-refractivity contribution < 1.29 is 4.79 Å². The molecular formula is C17H26N6O. The molecule has 2 aromatic heterocycles. The van der Waals surface area contributed by atoms with Crippen molar-refractivity contribution in [2.24, 2.45) is 7.05 Å². The highest BCUT2D eigenvalue weighted by molar-refractivity contribution is 5.88. The molecule has 0 atom stereocenters. The van der Waals surface area contributed by atoms with Gasteiger partial charge in [0.2, 0.25) is 5.91 Å². The number of rotatable bonds is 3. The summed E-state index contributed by atoms with van der Waals surface area (Å²) in [6, 6.07) is 0. The average molecular weight is 330 g/mol. The fourth-order valence-corrected chi connectivity index (χ4v) is 3.20. The Bertz CT molecular complexity index is 758. The first-order valence-electron chi connectivity index (χ1n) is 8.66. The SMILES string of the molecule is CCC(=O)N1CCN(c2nc(C(C)C)nc3c(C)nn(C)c23)CC1. The van der Waals surface area contributed by atoms with Gasteiger partial charge in [-0.1, -0.05) is 20.8 Å². The molecule has 1 aliphatic rings. The summed E-state index contributed by atoms with van der Waals surface area (Å²) in [5, 5.41) is 4.53. The Morgan fingerprint density at radius 2 is 1.83 bits per heavy atom. The Hall–Kier alpha value is -2.18. The van der Waals surface area contributed by atoms with Gasteiger partial charge in [-0.3, -0.25) is 9.48 Å². The highest BCUT2D eigenvalue weighted by atomic mass is 16.2. The van der Waals surface area contributed by atoms with Gasteiger partial charge in [0.25, 0.3) is 0 Å². The Kier molecular flexibility index (Phi) is 4.43. The maximum Gasteiger partial charge on any atom is 0.222 e.